The second-order valence-corrected chi connectivity index (χ2v) is 7.70. The third-order valence-electron chi connectivity index (χ3n) is 5.24. The minimum absolute atomic E-state index is 0.0772. The summed E-state index contributed by atoms with van der Waals surface area (Å²) in [5.41, 5.74) is 0. The Morgan fingerprint density at radius 2 is 2.04 bits per heavy atom. The molecule has 0 aromatic heterocycles. The third-order valence-corrected chi connectivity index (χ3v) is 5.24. The average Bonchev–Trinajstić information content (AvgIpc) is 2.58. The number of carbonyl (C=O) groups excluding carboxylic acids is 1. The van der Waals surface area contributed by atoms with Crippen LogP contribution >= 0.6 is 0 Å². The van der Waals surface area contributed by atoms with E-state index < -0.39 is 0 Å². The summed E-state index contributed by atoms with van der Waals surface area (Å²) < 4.78 is 5.91. The molecular formula is C20H40N2O2. The lowest BCUT2D eigenvalue weighted by molar-refractivity contribution is -0.133. The average molecular weight is 341 g/mol. The lowest BCUT2D eigenvalue weighted by Gasteiger charge is -2.34. The fourth-order valence-corrected chi connectivity index (χ4v) is 3.61. The first-order valence-electron chi connectivity index (χ1n) is 10.1. The lowest BCUT2D eigenvalue weighted by atomic mass is 9.95. The van der Waals surface area contributed by atoms with Crippen molar-refractivity contribution in [2.45, 2.75) is 72.3 Å². The van der Waals surface area contributed by atoms with Crippen LogP contribution in [0, 0.1) is 11.8 Å². The number of hydrogen-bond acceptors (Lipinski definition) is 3. The maximum atomic E-state index is 11.9. The zero-order valence-corrected chi connectivity index (χ0v) is 16.7. The topological polar surface area (TPSA) is 32.8 Å². The Labute approximate surface area is 149 Å². The zero-order valence-electron chi connectivity index (χ0n) is 16.7. The Morgan fingerprint density at radius 1 is 1.29 bits per heavy atom. The molecule has 1 aliphatic rings. The first-order valence-corrected chi connectivity index (χ1v) is 10.1. The van der Waals surface area contributed by atoms with Crippen molar-refractivity contribution in [3.05, 3.63) is 0 Å². The van der Waals surface area contributed by atoms with Gasteiger partial charge < -0.3 is 9.64 Å². The summed E-state index contributed by atoms with van der Waals surface area (Å²) in [6.07, 6.45) is 7.88. The molecule has 0 spiro atoms. The molecule has 24 heavy (non-hydrogen) atoms. The van der Waals surface area contributed by atoms with E-state index in [9.17, 15) is 4.79 Å². The molecule has 2 atom stereocenters. The maximum absolute atomic E-state index is 11.9. The van der Waals surface area contributed by atoms with Crippen LogP contribution in [-0.2, 0) is 9.53 Å². The highest BCUT2D eigenvalue weighted by atomic mass is 16.5. The quantitative estimate of drug-likeness (QED) is 0.573. The smallest absolute Gasteiger partial charge is 0.224 e. The van der Waals surface area contributed by atoms with Crippen molar-refractivity contribution < 1.29 is 9.53 Å². The molecular weight excluding hydrogens is 300 g/mol. The summed E-state index contributed by atoms with van der Waals surface area (Å²) in [5.74, 6) is 1.21. The van der Waals surface area contributed by atoms with Crippen molar-refractivity contribution in [1.82, 2.24) is 9.80 Å². The normalized spacial score (nSPS) is 20.3. The van der Waals surface area contributed by atoms with Gasteiger partial charge in [-0.05, 0) is 31.7 Å². The van der Waals surface area contributed by atoms with E-state index in [0.29, 0.717) is 0 Å². The van der Waals surface area contributed by atoms with Crippen molar-refractivity contribution in [3.63, 3.8) is 0 Å². The van der Waals surface area contributed by atoms with Gasteiger partial charge in [0.1, 0.15) is 0 Å². The Bertz CT molecular complexity index is 347. The molecule has 1 amide bonds. The van der Waals surface area contributed by atoms with Crippen molar-refractivity contribution in [2.75, 3.05) is 39.8 Å². The van der Waals surface area contributed by atoms with Gasteiger partial charge in [0.2, 0.25) is 5.91 Å². The Morgan fingerprint density at radius 3 is 2.67 bits per heavy atom. The molecule has 1 heterocycles. The molecule has 0 bridgehead atoms. The predicted octanol–water partition coefficient (Wildman–Crippen LogP) is 3.80. The molecule has 0 saturated carbocycles. The van der Waals surface area contributed by atoms with E-state index in [1.54, 1.807) is 0 Å². The summed E-state index contributed by atoms with van der Waals surface area (Å²) in [6, 6.07) is 0. The maximum Gasteiger partial charge on any atom is 0.224 e. The van der Waals surface area contributed by atoms with Gasteiger partial charge in [-0.15, -0.1) is 0 Å². The van der Waals surface area contributed by atoms with E-state index in [2.05, 4.69) is 18.7 Å². The lowest BCUT2D eigenvalue weighted by Crippen LogP contribution is -2.44. The largest absolute Gasteiger partial charge is 0.375 e. The molecule has 1 fully saturated rings. The van der Waals surface area contributed by atoms with Crippen LogP contribution in [0.5, 0.6) is 0 Å². The minimum Gasteiger partial charge on any atom is -0.375 e. The van der Waals surface area contributed by atoms with Gasteiger partial charge in [0.15, 0.2) is 0 Å². The molecule has 1 rings (SSSR count). The summed E-state index contributed by atoms with van der Waals surface area (Å²) in [7, 11) is 1.90. The highest BCUT2D eigenvalue weighted by Gasteiger charge is 2.22. The van der Waals surface area contributed by atoms with Crippen LogP contribution in [0.15, 0.2) is 0 Å². The molecule has 4 heteroatoms. The van der Waals surface area contributed by atoms with Gasteiger partial charge in [0.25, 0.3) is 0 Å². The minimum atomic E-state index is 0.0772. The molecule has 0 aliphatic carbocycles. The number of rotatable bonds is 11. The van der Waals surface area contributed by atoms with Gasteiger partial charge >= 0.3 is 0 Å². The Balaban J connectivity index is 2.25. The highest BCUT2D eigenvalue weighted by Crippen LogP contribution is 2.18. The van der Waals surface area contributed by atoms with Crippen LogP contribution in [0.4, 0.5) is 0 Å². The van der Waals surface area contributed by atoms with Gasteiger partial charge in [-0.2, -0.15) is 0 Å². The number of ether oxygens (including phenoxy) is 1. The van der Waals surface area contributed by atoms with E-state index in [4.69, 9.17) is 4.74 Å². The Kier molecular flexibility index (Phi) is 10.6. The third kappa shape index (κ3) is 7.98. The number of nitrogens with zero attached hydrogens (tertiary/aromatic N) is 2. The first kappa shape index (κ1) is 21.4. The SMILES string of the molecule is CCCC(CC)CCCN1CCO[C@@H](CCN(C)C(=O)C(C)C)C1. The van der Waals surface area contributed by atoms with Crippen molar-refractivity contribution in [2.24, 2.45) is 11.8 Å². The van der Waals surface area contributed by atoms with Crippen LogP contribution in [-0.4, -0.2) is 61.6 Å². The fraction of sp³-hybridized carbons (Fsp3) is 0.950. The standard InChI is InChI=1S/C20H40N2O2/c1-6-9-18(7-2)10-8-12-22-14-15-24-19(16-22)11-13-21(5)20(23)17(3)4/h17-19H,6-16H2,1-5H3/t18?,19-/m0/s1. The van der Waals surface area contributed by atoms with Gasteiger partial charge in [0, 0.05) is 32.6 Å². The van der Waals surface area contributed by atoms with E-state index in [1.165, 1.54) is 38.6 Å². The van der Waals surface area contributed by atoms with Crippen molar-refractivity contribution in [3.8, 4) is 0 Å². The van der Waals surface area contributed by atoms with Gasteiger partial charge in [-0.25, -0.2) is 0 Å². The first-order chi connectivity index (χ1) is 11.5. The van der Waals surface area contributed by atoms with Gasteiger partial charge in [-0.3, -0.25) is 9.69 Å². The van der Waals surface area contributed by atoms with Crippen LogP contribution in [0.3, 0.4) is 0 Å². The molecule has 1 unspecified atom stereocenters. The molecule has 0 radical (unpaired) electrons. The van der Waals surface area contributed by atoms with E-state index in [1.807, 2.05) is 25.8 Å². The number of carbonyl (C=O) groups is 1. The van der Waals surface area contributed by atoms with Gasteiger partial charge in [-0.1, -0.05) is 47.0 Å². The highest BCUT2D eigenvalue weighted by molar-refractivity contribution is 5.77. The van der Waals surface area contributed by atoms with Crippen LogP contribution in [0.2, 0.25) is 0 Å². The second kappa shape index (κ2) is 11.9. The van der Waals surface area contributed by atoms with E-state index in [0.717, 1.165) is 38.6 Å². The van der Waals surface area contributed by atoms with Gasteiger partial charge in [0.05, 0.1) is 12.7 Å². The number of morpholine rings is 1. The Hall–Kier alpha value is -0.610. The van der Waals surface area contributed by atoms with Crippen LogP contribution in [0.25, 0.3) is 0 Å². The predicted molar refractivity (Wildman–Crippen MR) is 101 cm³/mol. The monoisotopic (exact) mass is 340 g/mol. The molecule has 0 aromatic carbocycles. The van der Waals surface area contributed by atoms with Crippen molar-refractivity contribution in [1.29, 1.82) is 0 Å². The summed E-state index contributed by atoms with van der Waals surface area (Å²) in [6.45, 7) is 13.4. The molecule has 4 nitrogen and oxygen atoms in total. The summed E-state index contributed by atoms with van der Waals surface area (Å²) >= 11 is 0. The molecule has 1 saturated heterocycles. The number of hydrogen-bond donors (Lipinski definition) is 0. The van der Waals surface area contributed by atoms with Crippen LogP contribution in [0.1, 0.15) is 66.2 Å². The zero-order chi connectivity index (χ0) is 17.9. The molecule has 0 N–H and O–H groups in total. The van der Waals surface area contributed by atoms with E-state index in [-0.39, 0.29) is 17.9 Å². The molecule has 0 aromatic rings. The van der Waals surface area contributed by atoms with Crippen LogP contribution < -0.4 is 0 Å². The van der Waals surface area contributed by atoms with Crippen molar-refractivity contribution >= 4 is 5.91 Å². The van der Waals surface area contributed by atoms with E-state index >= 15 is 0 Å². The number of amides is 1. The summed E-state index contributed by atoms with van der Waals surface area (Å²) in [4.78, 5) is 16.3. The molecule has 142 valence electrons. The molecule has 1 aliphatic heterocycles. The second-order valence-electron chi connectivity index (χ2n) is 7.70. The summed E-state index contributed by atoms with van der Waals surface area (Å²) in [5, 5.41) is 0. The fourth-order valence-electron chi connectivity index (χ4n) is 3.61.